The number of hydrogen-bond donors (Lipinski definition) is 2. The van der Waals surface area contributed by atoms with E-state index >= 15 is 0 Å². The average molecular weight is 188 g/mol. The van der Waals surface area contributed by atoms with Gasteiger partial charge in [-0.25, -0.2) is 0 Å². The van der Waals surface area contributed by atoms with Crippen molar-refractivity contribution in [3.8, 4) is 0 Å². The molecule has 0 aromatic rings. The summed E-state index contributed by atoms with van der Waals surface area (Å²) in [4.78, 5) is 0. The fourth-order valence-electron chi connectivity index (χ4n) is 1.83. The van der Waals surface area contributed by atoms with Crippen molar-refractivity contribution in [1.82, 2.24) is 0 Å². The first-order valence-electron chi connectivity index (χ1n) is 5.13. The molecule has 3 nitrogen and oxygen atoms in total. The van der Waals surface area contributed by atoms with Crippen LogP contribution in [0, 0.1) is 5.92 Å². The number of aliphatic hydroxyl groups is 2. The van der Waals surface area contributed by atoms with Crippen LogP contribution in [0.25, 0.3) is 0 Å². The van der Waals surface area contributed by atoms with E-state index in [9.17, 15) is 0 Å². The predicted octanol–water partition coefficient (Wildman–Crippen LogP) is 0.935. The van der Waals surface area contributed by atoms with E-state index in [1.807, 2.05) is 0 Å². The highest BCUT2D eigenvalue weighted by Gasteiger charge is 2.19. The van der Waals surface area contributed by atoms with Crippen molar-refractivity contribution in [3.63, 3.8) is 0 Å². The summed E-state index contributed by atoms with van der Waals surface area (Å²) in [6, 6.07) is 0. The van der Waals surface area contributed by atoms with Crippen LogP contribution in [0.5, 0.6) is 0 Å². The molecule has 1 fully saturated rings. The molecule has 78 valence electrons. The van der Waals surface area contributed by atoms with Crippen LogP contribution >= 0.6 is 0 Å². The van der Waals surface area contributed by atoms with Gasteiger partial charge >= 0.3 is 0 Å². The van der Waals surface area contributed by atoms with Gasteiger partial charge in [-0.1, -0.05) is 19.8 Å². The lowest BCUT2D eigenvalue weighted by Crippen LogP contribution is -2.27. The Bertz CT molecular complexity index is 138. The van der Waals surface area contributed by atoms with Gasteiger partial charge in [-0.05, 0) is 18.8 Å². The van der Waals surface area contributed by atoms with Gasteiger partial charge in [0.2, 0.25) is 0 Å². The summed E-state index contributed by atoms with van der Waals surface area (Å²) >= 11 is 0. The molecule has 0 aliphatic heterocycles. The van der Waals surface area contributed by atoms with E-state index in [0.717, 1.165) is 18.8 Å². The van der Waals surface area contributed by atoms with Gasteiger partial charge < -0.3 is 14.9 Å². The highest BCUT2D eigenvalue weighted by atomic mass is 16.5. The molecule has 3 heteroatoms. The smallest absolute Gasteiger partial charge is 0.100 e. The van der Waals surface area contributed by atoms with Crippen LogP contribution in [0.2, 0.25) is 0 Å². The van der Waals surface area contributed by atoms with E-state index in [2.05, 4.69) is 6.92 Å². The van der Waals surface area contributed by atoms with Gasteiger partial charge in [0.25, 0.3) is 0 Å². The molecule has 2 N–H and O–H groups in total. The van der Waals surface area contributed by atoms with Crippen molar-refractivity contribution in [2.75, 3.05) is 13.2 Å². The lowest BCUT2D eigenvalue weighted by atomic mass is 9.89. The molecule has 0 spiro atoms. The van der Waals surface area contributed by atoms with Crippen LogP contribution in [0.4, 0.5) is 0 Å². The predicted molar refractivity (Wildman–Crippen MR) is 50.5 cm³/mol. The van der Waals surface area contributed by atoms with E-state index < -0.39 is 6.10 Å². The number of aliphatic hydroxyl groups excluding tert-OH is 2. The first kappa shape index (κ1) is 11.0. The van der Waals surface area contributed by atoms with Crippen LogP contribution in [0.15, 0.2) is 0 Å². The summed E-state index contributed by atoms with van der Waals surface area (Å²) in [5, 5.41) is 17.7. The Morgan fingerprint density at radius 1 is 1.46 bits per heavy atom. The lowest BCUT2D eigenvalue weighted by molar-refractivity contribution is -0.0456. The summed E-state index contributed by atoms with van der Waals surface area (Å²) in [5.74, 6) is 0.741. The van der Waals surface area contributed by atoms with Crippen molar-refractivity contribution in [3.05, 3.63) is 0 Å². The molecule has 1 unspecified atom stereocenters. The summed E-state index contributed by atoms with van der Waals surface area (Å²) in [6.45, 7) is 2.30. The largest absolute Gasteiger partial charge is 0.394 e. The maximum Gasteiger partial charge on any atom is 0.100 e. The summed E-state index contributed by atoms with van der Waals surface area (Å²) in [7, 11) is 0. The first-order chi connectivity index (χ1) is 6.22. The molecule has 0 amide bonds. The minimum atomic E-state index is -0.711. The average Bonchev–Trinajstić information content (AvgIpc) is 2.14. The Hall–Kier alpha value is -0.120. The molecular formula is C10H20O3. The quantitative estimate of drug-likeness (QED) is 0.690. The fourth-order valence-corrected chi connectivity index (χ4v) is 1.83. The molecular weight excluding hydrogens is 168 g/mol. The van der Waals surface area contributed by atoms with Crippen molar-refractivity contribution >= 4 is 0 Å². The SMILES string of the molecule is C[C@@H]1CCC[C@H](OCC(O)CO)C1. The number of rotatable bonds is 4. The Morgan fingerprint density at radius 3 is 2.85 bits per heavy atom. The number of ether oxygens (including phenoxy) is 1. The highest BCUT2D eigenvalue weighted by molar-refractivity contribution is 4.70. The Morgan fingerprint density at radius 2 is 2.23 bits per heavy atom. The van der Waals surface area contributed by atoms with Crippen molar-refractivity contribution in [1.29, 1.82) is 0 Å². The molecule has 0 heterocycles. The third-order valence-corrected chi connectivity index (χ3v) is 2.62. The third-order valence-electron chi connectivity index (χ3n) is 2.62. The zero-order valence-electron chi connectivity index (χ0n) is 8.28. The van der Waals surface area contributed by atoms with Crippen molar-refractivity contribution in [2.45, 2.75) is 44.8 Å². The van der Waals surface area contributed by atoms with Gasteiger partial charge in [-0.3, -0.25) is 0 Å². The molecule has 0 bridgehead atoms. The van der Waals surface area contributed by atoms with E-state index in [1.54, 1.807) is 0 Å². The maximum absolute atomic E-state index is 9.08. The first-order valence-corrected chi connectivity index (χ1v) is 5.13. The van der Waals surface area contributed by atoms with Gasteiger partial charge in [0.05, 0.1) is 19.3 Å². The van der Waals surface area contributed by atoms with Crippen molar-refractivity contribution in [2.24, 2.45) is 5.92 Å². The molecule has 0 radical (unpaired) electrons. The van der Waals surface area contributed by atoms with Crippen LogP contribution in [0.3, 0.4) is 0 Å². The maximum atomic E-state index is 9.08. The summed E-state index contributed by atoms with van der Waals surface area (Å²) in [6.07, 6.45) is 4.30. The van der Waals surface area contributed by atoms with E-state index in [0.29, 0.717) is 6.10 Å². The highest BCUT2D eigenvalue weighted by Crippen LogP contribution is 2.25. The van der Waals surface area contributed by atoms with Gasteiger partial charge in [0.15, 0.2) is 0 Å². The van der Waals surface area contributed by atoms with Gasteiger partial charge in [-0.15, -0.1) is 0 Å². The molecule has 3 atom stereocenters. The third kappa shape index (κ3) is 4.07. The minimum absolute atomic E-state index is 0.206. The monoisotopic (exact) mass is 188 g/mol. The lowest BCUT2D eigenvalue weighted by Gasteiger charge is -2.27. The normalized spacial score (nSPS) is 31.6. The number of hydrogen-bond acceptors (Lipinski definition) is 3. The zero-order valence-corrected chi connectivity index (χ0v) is 8.28. The standard InChI is InChI=1S/C10H20O3/c1-8-3-2-4-10(5-8)13-7-9(12)6-11/h8-12H,2-7H2,1H3/t8-,9?,10+/m1/s1. The van der Waals surface area contributed by atoms with Crippen LogP contribution in [-0.2, 0) is 4.74 Å². The Labute approximate surface area is 79.7 Å². The minimum Gasteiger partial charge on any atom is -0.394 e. The Balaban J connectivity index is 2.13. The van der Waals surface area contributed by atoms with E-state index in [4.69, 9.17) is 14.9 Å². The molecule has 1 aliphatic carbocycles. The van der Waals surface area contributed by atoms with Crippen LogP contribution in [0.1, 0.15) is 32.6 Å². The molecule has 1 rings (SSSR count). The second kappa shape index (κ2) is 5.58. The fraction of sp³-hybridized carbons (Fsp3) is 1.00. The van der Waals surface area contributed by atoms with Crippen LogP contribution in [-0.4, -0.2) is 35.6 Å². The van der Waals surface area contributed by atoms with Crippen molar-refractivity contribution < 1.29 is 14.9 Å². The molecule has 0 saturated heterocycles. The van der Waals surface area contributed by atoms with E-state index in [1.165, 1.54) is 12.8 Å². The zero-order chi connectivity index (χ0) is 9.68. The molecule has 0 aromatic heterocycles. The second-order valence-corrected chi connectivity index (χ2v) is 4.06. The van der Waals surface area contributed by atoms with Gasteiger partial charge in [-0.2, -0.15) is 0 Å². The molecule has 13 heavy (non-hydrogen) atoms. The molecule has 1 saturated carbocycles. The second-order valence-electron chi connectivity index (χ2n) is 4.06. The molecule has 1 aliphatic rings. The molecule has 0 aromatic carbocycles. The Kier molecular flexibility index (Phi) is 4.70. The summed E-state index contributed by atoms with van der Waals surface area (Å²) < 4.78 is 5.50. The van der Waals surface area contributed by atoms with Gasteiger partial charge in [0.1, 0.15) is 6.10 Å². The van der Waals surface area contributed by atoms with Gasteiger partial charge in [0, 0.05) is 0 Å². The summed E-state index contributed by atoms with van der Waals surface area (Å²) in [5.41, 5.74) is 0. The van der Waals surface area contributed by atoms with Crippen LogP contribution < -0.4 is 0 Å². The topological polar surface area (TPSA) is 49.7 Å². The van der Waals surface area contributed by atoms with E-state index in [-0.39, 0.29) is 13.2 Å².